The molecule has 0 aromatic heterocycles. The fourth-order valence-electron chi connectivity index (χ4n) is 1.19. The van der Waals surface area contributed by atoms with Gasteiger partial charge in [-0.3, -0.25) is 0 Å². The number of oxime groups is 1. The van der Waals surface area contributed by atoms with E-state index in [1.807, 2.05) is 0 Å². The highest BCUT2D eigenvalue weighted by Gasteiger charge is 2.17. The van der Waals surface area contributed by atoms with E-state index in [1.54, 1.807) is 6.07 Å². The molecule has 4 nitrogen and oxygen atoms in total. The van der Waals surface area contributed by atoms with Crippen LogP contribution in [0.3, 0.4) is 0 Å². The second-order valence-electron chi connectivity index (χ2n) is 3.35. The van der Waals surface area contributed by atoms with Crippen LogP contribution in [0.2, 0.25) is 10.0 Å². The van der Waals surface area contributed by atoms with Crippen LogP contribution >= 0.6 is 23.2 Å². The molecule has 7 heteroatoms. The van der Waals surface area contributed by atoms with E-state index < -0.39 is 9.84 Å². The lowest BCUT2D eigenvalue weighted by atomic mass is 10.1. The van der Waals surface area contributed by atoms with Gasteiger partial charge < -0.3 is 5.21 Å². The first kappa shape index (κ1) is 14.3. The van der Waals surface area contributed by atoms with E-state index >= 15 is 0 Å². The van der Waals surface area contributed by atoms with E-state index in [0.29, 0.717) is 10.6 Å². The topological polar surface area (TPSA) is 66.7 Å². The number of sulfone groups is 1. The summed E-state index contributed by atoms with van der Waals surface area (Å²) in [6, 6.07) is 4.53. The maximum Gasteiger partial charge on any atom is 0.155 e. The van der Waals surface area contributed by atoms with Gasteiger partial charge in [0.1, 0.15) is 5.71 Å². The van der Waals surface area contributed by atoms with Crippen molar-refractivity contribution in [1.82, 2.24) is 0 Å². The fraction of sp³-hybridized carbons (Fsp3) is 0.300. The van der Waals surface area contributed by atoms with Gasteiger partial charge in [-0.2, -0.15) is 0 Å². The molecule has 0 saturated heterocycles. The van der Waals surface area contributed by atoms with Crippen molar-refractivity contribution in [3.8, 4) is 0 Å². The Hall–Kier alpha value is -0.780. The lowest BCUT2D eigenvalue weighted by Gasteiger charge is -2.07. The molecule has 0 fully saturated rings. The normalized spacial score (nSPS) is 12.8. The Morgan fingerprint density at radius 2 is 2.06 bits per heavy atom. The second-order valence-corrected chi connectivity index (χ2v) is 6.54. The van der Waals surface area contributed by atoms with E-state index in [2.05, 4.69) is 5.16 Å². The van der Waals surface area contributed by atoms with Crippen molar-refractivity contribution < 1.29 is 13.6 Å². The Labute approximate surface area is 110 Å². The maximum atomic E-state index is 11.5. The third-order valence-electron chi connectivity index (χ3n) is 2.16. The molecule has 0 aliphatic carbocycles. The van der Waals surface area contributed by atoms with Gasteiger partial charge in [0, 0.05) is 16.3 Å². The second kappa shape index (κ2) is 5.71. The number of rotatable bonds is 4. The first-order valence-electron chi connectivity index (χ1n) is 4.76. The molecule has 1 N–H and O–H groups in total. The van der Waals surface area contributed by atoms with Gasteiger partial charge in [-0.05, 0) is 12.1 Å². The smallest absolute Gasteiger partial charge is 0.155 e. The van der Waals surface area contributed by atoms with Crippen molar-refractivity contribution in [3.05, 3.63) is 33.8 Å². The minimum atomic E-state index is -3.29. The van der Waals surface area contributed by atoms with E-state index in [4.69, 9.17) is 28.4 Å². The number of benzene rings is 1. The Kier molecular flexibility index (Phi) is 4.80. The summed E-state index contributed by atoms with van der Waals surface area (Å²) < 4.78 is 22.9. The number of halogens is 2. The van der Waals surface area contributed by atoms with Crippen LogP contribution in [0, 0.1) is 0 Å². The Morgan fingerprint density at radius 3 is 2.53 bits per heavy atom. The van der Waals surface area contributed by atoms with Crippen molar-refractivity contribution in [2.75, 3.05) is 11.5 Å². The standard InChI is InChI=1S/C10H11Cl2NO3S/c1-2-17(15,16)6-10(13-14)8-4-3-7(11)5-9(8)12/h3-5,14H,2,6H2,1H3/b13-10-. The van der Waals surface area contributed by atoms with E-state index in [9.17, 15) is 8.42 Å². The molecule has 1 aromatic carbocycles. The van der Waals surface area contributed by atoms with Crippen LogP contribution in [0.4, 0.5) is 0 Å². The lowest BCUT2D eigenvalue weighted by Crippen LogP contribution is -2.19. The highest BCUT2D eigenvalue weighted by Crippen LogP contribution is 2.22. The molecule has 94 valence electrons. The van der Waals surface area contributed by atoms with Crippen LogP contribution in [0.25, 0.3) is 0 Å². The van der Waals surface area contributed by atoms with Crippen molar-refractivity contribution in [2.45, 2.75) is 6.92 Å². The zero-order valence-electron chi connectivity index (χ0n) is 9.02. The number of hydrogen-bond acceptors (Lipinski definition) is 4. The Bertz CT molecular complexity index is 540. The minimum absolute atomic E-state index is 0.00789. The summed E-state index contributed by atoms with van der Waals surface area (Å²) in [7, 11) is -3.29. The molecule has 0 heterocycles. The SMILES string of the molecule is CCS(=O)(=O)C/C(=N/O)c1ccc(Cl)cc1Cl. The summed E-state index contributed by atoms with van der Waals surface area (Å²) in [4.78, 5) is 0. The first-order chi connectivity index (χ1) is 7.89. The summed E-state index contributed by atoms with van der Waals surface area (Å²) in [6.07, 6.45) is 0. The van der Waals surface area contributed by atoms with Crippen LogP contribution in [-0.2, 0) is 9.84 Å². The summed E-state index contributed by atoms with van der Waals surface area (Å²) in [5, 5.41) is 12.5. The molecule has 0 unspecified atom stereocenters. The van der Waals surface area contributed by atoms with Crippen LogP contribution < -0.4 is 0 Å². The molecule has 0 saturated carbocycles. The van der Waals surface area contributed by atoms with Crippen LogP contribution in [0.15, 0.2) is 23.4 Å². The summed E-state index contributed by atoms with van der Waals surface area (Å²) >= 11 is 11.6. The highest BCUT2D eigenvalue weighted by molar-refractivity contribution is 7.92. The van der Waals surface area contributed by atoms with E-state index in [-0.39, 0.29) is 22.2 Å². The average Bonchev–Trinajstić information content (AvgIpc) is 2.26. The van der Waals surface area contributed by atoms with Gasteiger partial charge in [-0.25, -0.2) is 8.42 Å². The summed E-state index contributed by atoms with van der Waals surface area (Å²) in [5.74, 6) is -0.390. The molecular weight excluding hydrogens is 285 g/mol. The third-order valence-corrected chi connectivity index (χ3v) is 4.30. The van der Waals surface area contributed by atoms with E-state index in [0.717, 1.165) is 0 Å². The third kappa shape index (κ3) is 3.87. The summed E-state index contributed by atoms with van der Waals surface area (Å²) in [6.45, 7) is 1.52. The largest absolute Gasteiger partial charge is 0.411 e. The van der Waals surface area contributed by atoms with Gasteiger partial charge >= 0.3 is 0 Å². The molecule has 0 spiro atoms. The zero-order chi connectivity index (χ0) is 13.1. The molecule has 0 bridgehead atoms. The quantitative estimate of drug-likeness (QED) is 0.527. The maximum absolute atomic E-state index is 11.5. The molecule has 1 rings (SSSR count). The van der Waals surface area contributed by atoms with E-state index in [1.165, 1.54) is 19.1 Å². The molecule has 17 heavy (non-hydrogen) atoms. The predicted octanol–water partition coefficient (Wildman–Crippen LogP) is 2.61. The molecule has 0 atom stereocenters. The molecule has 1 aromatic rings. The van der Waals surface area contributed by atoms with Crippen molar-refractivity contribution in [2.24, 2.45) is 5.16 Å². The summed E-state index contributed by atoms with van der Waals surface area (Å²) in [5.41, 5.74) is 0.365. The van der Waals surface area contributed by atoms with Crippen LogP contribution in [-0.4, -0.2) is 30.8 Å². The lowest BCUT2D eigenvalue weighted by molar-refractivity contribution is 0.319. The van der Waals surface area contributed by atoms with Gasteiger partial charge in [0.25, 0.3) is 0 Å². The monoisotopic (exact) mass is 295 g/mol. The van der Waals surface area contributed by atoms with Crippen molar-refractivity contribution in [1.29, 1.82) is 0 Å². The molecule has 0 aliphatic heterocycles. The fourth-order valence-corrected chi connectivity index (χ4v) is 2.55. The van der Waals surface area contributed by atoms with Crippen molar-refractivity contribution >= 4 is 38.8 Å². The minimum Gasteiger partial charge on any atom is -0.411 e. The molecule has 0 radical (unpaired) electrons. The van der Waals surface area contributed by atoms with Gasteiger partial charge in [0.05, 0.1) is 10.8 Å². The average molecular weight is 296 g/mol. The highest BCUT2D eigenvalue weighted by atomic mass is 35.5. The number of hydrogen-bond donors (Lipinski definition) is 1. The Balaban J connectivity index is 3.12. The zero-order valence-corrected chi connectivity index (χ0v) is 11.3. The first-order valence-corrected chi connectivity index (χ1v) is 7.34. The van der Waals surface area contributed by atoms with Gasteiger partial charge in [-0.1, -0.05) is 41.3 Å². The van der Waals surface area contributed by atoms with Crippen molar-refractivity contribution in [3.63, 3.8) is 0 Å². The van der Waals surface area contributed by atoms with Gasteiger partial charge in [-0.15, -0.1) is 0 Å². The molecule has 0 amide bonds. The molecule has 0 aliphatic rings. The predicted molar refractivity (Wildman–Crippen MR) is 69.1 cm³/mol. The van der Waals surface area contributed by atoms with Gasteiger partial charge in [0.2, 0.25) is 0 Å². The Morgan fingerprint density at radius 1 is 1.41 bits per heavy atom. The van der Waals surface area contributed by atoms with Crippen LogP contribution in [0.5, 0.6) is 0 Å². The van der Waals surface area contributed by atoms with Gasteiger partial charge in [0.15, 0.2) is 9.84 Å². The molecular formula is C10H11Cl2NO3S. The van der Waals surface area contributed by atoms with Crippen LogP contribution in [0.1, 0.15) is 12.5 Å². The number of nitrogens with zero attached hydrogens (tertiary/aromatic N) is 1.